The van der Waals surface area contributed by atoms with Crippen LogP contribution in [0.1, 0.15) is 31.4 Å². The van der Waals surface area contributed by atoms with Crippen molar-refractivity contribution in [2.24, 2.45) is 0 Å². The fourth-order valence-corrected chi connectivity index (χ4v) is 3.43. The molecular weight excluding hydrogens is 232 g/mol. The van der Waals surface area contributed by atoms with E-state index in [0.29, 0.717) is 0 Å². The molecule has 2 aromatic rings. The van der Waals surface area contributed by atoms with E-state index in [1.807, 2.05) is 0 Å². The van der Waals surface area contributed by atoms with E-state index in [0.717, 1.165) is 12.6 Å². The van der Waals surface area contributed by atoms with Crippen molar-refractivity contribution in [3.63, 3.8) is 0 Å². The lowest BCUT2D eigenvalue weighted by molar-refractivity contribution is 0.171. The number of aromatic nitrogens is 1. The first-order valence-electron chi connectivity index (χ1n) is 7.51. The van der Waals surface area contributed by atoms with E-state index in [-0.39, 0.29) is 0 Å². The van der Waals surface area contributed by atoms with Crippen molar-refractivity contribution in [2.75, 3.05) is 13.6 Å². The van der Waals surface area contributed by atoms with Crippen molar-refractivity contribution in [1.82, 2.24) is 9.47 Å². The fraction of sp³-hybridized carbons (Fsp3) is 0.529. The van der Waals surface area contributed by atoms with Crippen LogP contribution in [0, 0.1) is 6.92 Å². The van der Waals surface area contributed by atoms with Gasteiger partial charge in [-0.15, -0.1) is 0 Å². The molecule has 3 rings (SSSR count). The van der Waals surface area contributed by atoms with Gasteiger partial charge in [-0.3, -0.25) is 0 Å². The Morgan fingerprint density at radius 2 is 2.05 bits per heavy atom. The van der Waals surface area contributed by atoms with E-state index in [9.17, 15) is 0 Å². The lowest BCUT2D eigenvalue weighted by atomic mass is 10.00. The number of likely N-dealkylation sites (tertiary alicyclic amines) is 1. The Balaban J connectivity index is 1.76. The molecule has 2 heteroatoms. The topological polar surface area (TPSA) is 8.17 Å². The van der Waals surface area contributed by atoms with Crippen LogP contribution in [0.3, 0.4) is 0 Å². The molecule has 2 nitrogen and oxygen atoms in total. The van der Waals surface area contributed by atoms with Crippen LogP contribution in [0.25, 0.3) is 10.9 Å². The molecular formula is C17H24N2. The Hall–Kier alpha value is -1.28. The summed E-state index contributed by atoms with van der Waals surface area (Å²) in [4.78, 5) is 2.55. The second-order valence-corrected chi connectivity index (χ2v) is 5.92. The smallest absolute Gasteiger partial charge is 0.0482 e. The molecule has 1 aromatic heterocycles. The summed E-state index contributed by atoms with van der Waals surface area (Å²) in [7, 11) is 2.28. The van der Waals surface area contributed by atoms with Gasteiger partial charge in [-0.2, -0.15) is 0 Å². The minimum absolute atomic E-state index is 0.773. The lowest BCUT2D eigenvalue weighted by Gasteiger charge is -2.32. The maximum atomic E-state index is 2.55. The highest BCUT2D eigenvalue weighted by Crippen LogP contribution is 2.22. The molecule has 0 unspecified atom stereocenters. The highest BCUT2D eigenvalue weighted by molar-refractivity contribution is 5.81. The van der Waals surface area contributed by atoms with Gasteiger partial charge < -0.3 is 9.47 Å². The molecule has 1 aliphatic heterocycles. The largest absolute Gasteiger partial charge is 0.345 e. The average molecular weight is 256 g/mol. The Morgan fingerprint density at radius 3 is 2.89 bits per heavy atom. The molecule has 19 heavy (non-hydrogen) atoms. The number of aryl methyl sites for hydroxylation is 2. The fourth-order valence-electron chi connectivity index (χ4n) is 3.43. The predicted octanol–water partition coefficient (Wildman–Crippen LogP) is 3.82. The Labute approximate surface area is 116 Å². The normalized spacial score (nSPS) is 21.1. The maximum absolute atomic E-state index is 2.55. The van der Waals surface area contributed by atoms with Gasteiger partial charge in [-0.1, -0.05) is 24.6 Å². The standard InChI is InChI=1S/C17H24N2/c1-14-13-15-7-3-4-9-17(15)19(14)12-10-16-8-5-6-11-18(16)2/h3-4,7,9,13,16H,5-6,8,10-12H2,1-2H3/t16-/m0/s1. The summed E-state index contributed by atoms with van der Waals surface area (Å²) < 4.78 is 2.48. The average Bonchev–Trinajstić information content (AvgIpc) is 2.74. The zero-order valence-corrected chi connectivity index (χ0v) is 12.1. The Morgan fingerprint density at radius 1 is 1.21 bits per heavy atom. The van der Waals surface area contributed by atoms with Crippen LogP contribution < -0.4 is 0 Å². The van der Waals surface area contributed by atoms with E-state index < -0.39 is 0 Å². The quantitative estimate of drug-likeness (QED) is 0.810. The molecule has 0 amide bonds. The zero-order chi connectivity index (χ0) is 13.2. The van der Waals surface area contributed by atoms with E-state index in [2.05, 4.69) is 53.8 Å². The Bertz CT molecular complexity index is 555. The number of nitrogens with zero attached hydrogens (tertiary/aromatic N) is 2. The molecule has 1 atom stereocenters. The molecule has 0 saturated carbocycles. The summed E-state index contributed by atoms with van der Waals surface area (Å²) >= 11 is 0. The highest BCUT2D eigenvalue weighted by Gasteiger charge is 2.18. The molecule has 1 aliphatic rings. The molecule has 102 valence electrons. The number of para-hydroxylation sites is 1. The molecule has 0 N–H and O–H groups in total. The molecule has 0 spiro atoms. The van der Waals surface area contributed by atoms with E-state index in [4.69, 9.17) is 0 Å². The summed E-state index contributed by atoms with van der Waals surface area (Å²) in [6.07, 6.45) is 5.42. The molecule has 0 radical (unpaired) electrons. The zero-order valence-electron chi connectivity index (χ0n) is 12.1. The van der Waals surface area contributed by atoms with Crippen LogP contribution in [0.2, 0.25) is 0 Å². The summed E-state index contributed by atoms with van der Waals surface area (Å²) in [6.45, 7) is 4.65. The summed E-state index contributed by atoms with van der Waals surface area (Å²) in [5.41, 5.74) is 2.78. The molecule has 2 heterocycles. The van der Waals surface area contributed by atoms with Crippen LogP contribution in [-0.2, 0) is 6.54 Å². The third kappa shape index (κ3) is 2.55. The highest BCUT2D eigenvalue weighted by atomic mass is 15.1. The van der Waals surface area contributed by atoms with Crippen molar-refractivity contribution >= 4 is 10.9 Å². The monoisotopic (exact) mass is 256 g/mol. The van der Waals surface area contributed by atoms with Crippen LogP contribution in [-0.4, -0.2) is 29.1 Å². The minimum atomic E-state index is 0.773. The van der Waals surface area contributed by atoms with Gasteiger partial charge in [-0.25, -0.2) is 0 Å². The van der Waals surface area contributed by atoms with Crippen LogP contribution in [0.5, 0.6) is 0 Å². The second-order valence-electron chi connectivity index (χ2n) is 5.92. The summed E-state index contributed by atoms with van der Waals surface area (Å²) in [5.74, 6) is 0. The van der Waals surface area contributed by atoms with E-state index in [1.54, 1.807) is 0 Å². The summed E-state index contributed by atoms with van der Waals surface area (Å²) in [6, 6.07) is 11.8. The third-order valence-corrected chi connectivity index (χ3v) is 4.63. The number of rotatable bonds is 3. The number of piperidine rings is 1. The predicted molar refractivity (Wildman–Crippen MR) is 81.6 cm³/mol. The first-order chi connectivity index (χ1) is 9.25. The summed E-state index contributed by atoms with van der Waals surface area (Å²) in [5, 5.41) is 1.37. The minimum Gasteiger partial charge on any atom is -0.345 e. The SMILES string of the molecule is Cc1cc2ccccc2n1CC[C@@H]1CCCCN1C. The van der Waals surface area contributed by atoms with Gasteiger partial charge in [0.1, 0.15) is 0 Å². The molecule has 1 aromatic carbocycles. The van der Waals surface area contributed by atoms with E-state index in [1.165, 1.54) is 48.8 Å². The van der Waals surface area contributed by atoms with Gasteiger partial charge in [0.05, 0.1) is 0 Å². The number of hydrogen-bond acceptors (Lipinski definition) is 1. The van der Waals surface area contributed by atoms with Crippen molar-refractivity contribution in [3.8, 4) is 0 Å². The molecule has 1 fully saturated rings. The van der Waals surface area contributed by atoms with Crippen LogP contribution in [0.4, 0.5) is 0 Å². The number of hydrogen-bond donors (Lipinski definition) is 0. The number of benzene rings is 1. The van der Waals surface area contributed by atoms with Gasteiger partial charge in [-0.05, 0) is 57.3 Å². The lowest BCUT2D eigenvalue weighted by Crippen LogP contribution is -2.36. The Kier molecular flexibility index (Phi) is 3.61. The van der Waals surface area contributed by atoms with Crippen LogP contribution in [0.15, 0.2) is 30.3 Å². The first-order valence-corrected chi connectivity index (χ1v) is 7.51. The molecule has 0 aliphatic carbocycles. The molecule has 0 bridgehead atoms. The van der Waals surface area contributed by atoms with Gasteiger partial charge in [0.2, 0.25) is 0 Å². The van der Waals surface area contributed by atoms with Crippen LogP contribution >= 0.6 is 0 Å². The van der Waals surface area contributed by atoms with Crippen molar-refractivity contribution in [1.29, 1.82) is 0 Å². The van der Waals surface area contributed by atoms with Crippen molar-refractivity contribution in [3.05, 3.63) is 36.0 Å². The molecule has 1 saturated heterocycles. The second kappa shape index (κ2) is 5.38. The van der Waals surface area contributed by atoms with Gasteiger partial charge in [0, 0.05) is 23.8 Å². The third-order valence-electron chi connectivity index (χ3n) is 4.63. The van der Waals surface area contributed by atoms with Crippen molar-refractivity contribution < 1.29 is 0 Å². The number of fused-ring (bicyclic) bond motifs is 1. The maximum Gasteiger partial charge on any atom is 0.0482 e. The van der Waals surface area contributed by atoms with Gasteiger partial charge in [0.25, 0.3) is 0 Å². The van der Waals surface area contributed by atoms with Crippen molar-refractivity contribution in [2.45, 2.75) is 45.2 Å². The van der Waals surface area contributed by atoms with Gasteiger partial charge in [0.15, 0.2) is 0 Å². The van der Waals surface area contributed by atoms with Gasteiger partial charge >= 0.3 is 0 Å². The first kappa shape index (κ1) is 12.7. The van der Waals surface area contributed by atoms with E-state index >= 15 is 0 Å².